The minimum Gasteiger partial charge on any atom is -0.443 e. The van der Waals surface area contributed by atoms with E-state index in [9.17, 15) is 9.59 Å². The molecule has 1 aromatic carbocycles. The molecule has 2 unspecified atom stereocenters. The van der Waals surface area contributed by atoms with Crippen LogP contribution in [0.5, 0.6) is 0 Å². The van der Waals surface area contributed by atoms with Crippen LogP contribution in [-0.2, 0) is 28.4 Å². The van der Waals surface area contributed by atoms with Gasteiger partial charge in [-0.2, -0.15) is 0 Å². The number of carbonyl (C=O) groups excluding carboxylic acids is 2. The summed E-state index contributed by atoms with van der Waals surface area (Å²) < 4.78 is 7.43. The van der Waals surface area contributed by atoms with Crippen LogP contribution in [0, 0.1) is 0 Å². The highest BCUT2D eigenvalue weighted by Crippen LogP contribution is 2.66. The van der Waals surface area contributed by atoms with E-state index in [1.807, 2.05) is 29.9 Å². The van der Waals surface area contributed by atoms with Gasteiger partial charge in [-0.1, -0.05) is 25.5 Å². The summed E-state index contributed by atoms with van der Waals surface area (Å²) in [5.74, 6) is -0.203. The summed E-state index contributed by atoms with van der Waals surface area (Å²) in [5, 5.41) is 0. The van der Waals surface area contributed by atoms with Crippen LogP contribution in [0.25, 0.3) is 0 Å². The van der Waals surface area contributed by atoms with Crippen molar-refractivity contribution in [2.45, 2.75) is 63.9 Å². The van der Waals surface area contributed by atoms with E-state index in [1.165, 1.54) is 10.5 Å². The maximum Gasteiger partial charge on any atom is 0.421 e. The number of fused-ring (bicyclic) bond motifs is 2. The third kappa shape index (κ3) is 2.82. The van der Waals surface area contributed by atoms with E-state index < -0.39 is 17.1 Å². The molecular weight excluding hydrogens is 354 g/mol. The number of carbonyl (C=O) groups is 2. The Morgan fingerprint density at radius 3 is 2.71 bits per heavy atom. The molecule has 2 heterocycles. The maximum atomic E-state index is 13.5. The third-order valence-electron chi connectivity index (χ3n) is 5.52. The lowest BCUT2D eigenvalue weighted by molar-refractivity contribution is -0.120. The molecule has 2 atom stereocenters. The third-order valence-corrected chi connectivity index (χ3v) is 5.52. The molecule has 2 aliphatic rings. The number of imidazole rings is 1. The normalized spacial score (nSPS) is 23.2. The van der Waals surface area contributed by atoms with Crippen molar-refractivity contribution in [1.29, 1.82) is 0 Å². The number of benzene rings is 1. The van der Waals surface area contributed by atoms with E-state index in [4.69, 9.17) is 4.74 Å². The topological polar surface area (TPSA) is 64.4 Å². The van der Waals surface area contributed by atoms with Gasteiger partial charge in [0.2, 0.25) is 5.91 Å². The highest BCUT2D eigenvalue weighted by molar-refractivity contribution is 6.23. The van der Waals surface area contributed by atoms with Gasteiger partial charge in [-0.05, 0) is 50.8 Å². The quantitative estimate of drug-likeness (QED) is 0.804. The van der Waals surface area contributed by atoms with Crippen LogP contribution >= 0.6 is 0 Å². The van der Waals surface area contributed by atoms with E-state index in [1.54, 1.807) is 27.1 Å². The summed E-state index contributed by atoms with van der Waals surface area (Å²) >= 11 is 0. The number of rotatable bonds is 3. The van der Waals surface area contributed by atoms with E-state index >= 15 is 0 Å². The smallest absolute Gasteiger partial charge is 0.421 e. The maximum absolute atomic E-state index is 13.5. The zero-order valence-electron chi connectivity index (χ0n) is 17.2. The largest absolute Gasteiger partial charge is 0.443 e. The van der Waals surface area contributed by atoms with Gasteiger partial charge in [-0.15, -0.1) is 0 Å². The molecule has 2 aromatic rings. The second-order valence-electron chi connectivity index (χ2n) is 8.91. The van der Waals surface area contributed by atoms with Crippen LogP contribution in [0.3, 0.4) is 0 Å². The molecule has 1 aliphatic heterocycles. The number of ether oxygens (including phenoxy) is 1. The Bertz CT molecular complexity index is 956. The zero-order chi connectivity index (χ0) is 20.3. The molecular formula is C22H27N3O3. The van der Waals surface area contributed by atoms with Gasteiger partial charge < -0.3 is 9.30 Å². The molecule has 0 N–H and O–H groups in total. The van der Waals surface area contributed by atoms with Crippen molar-refractivity contribution < 1.29 is 14.3 Å². The standard InChI is InChI=1S/C22H27N3O3/c1-6-7-14-8-9-18-15(10-14)22(11-16(22)17-12-24(5)13-23-17)19(26)25(18)20(27)28-21(2,3)4/h8-10,12-13,16H,6-7,11H2,1-5H3. The Balaban J connectivity index is 1.78. The molecule has 0 saturated heterocycles. The molecule has 1 aromatic heterocycles. The van der Waals surface area contributed by atoms with Crippen molar-refractivity contribution in [3.8, 4) is 0 Å². The number of hydrogen-bond donors (Lipinski definition) is 0. The van der Waals surface area contributed by atoms with Gasteiger partial charge in [-0.25, -0.2) is 14.7 Å². The first-order valence-electron chi connectivity index (χ1n) is 9.86. The Labute approximate surface area is 165 Å². The first-order valence-corrected chi connectivity index (χ1v) is 9.86. The predicted octanol–water partition coefficient (Wildman–Crippen LogP) is 4.08. The van der Waals surface area contributed by atoms with Gasteiger partial charge in [0.15, 0.2) is 0 Å². The van der Waals surface area contributed by atoms with Crippen LogP contribution in [0.15, 0.2) is 30.7 Å². The van der Waals surface area contributed by atoms with Gasteiger partial charge in [0, 0.05) is 19.2 Å². The van der Waals surface area contributed by atoms with Crippen molar-refractivity contribution in [3.05, 3.63) is 47.5 Å². The van der Waals surface area contributed by atoms with Crippen molar-refractivity contribution >= 4 is 17.7 Å². The molecule has 1 spiro atoms. The highest BCUT2D eigenvalue weighted by atomic mass is 16.6. The fourth-order valence-corrected chi connectivity index (χ4v) is 4.26. The first kappa shape index (κ1) is 18.7. The van der Waals surface area contributed by atoms with Gasteiger partial charge in [0.1, 0.15) is 5.60 Å². The van der Waals surface area contributed by atoms with Crippen LogP contribution in [0.4, 0.5) is 10.5 Å². The van der Waals surface area contributed by atoms with Crippen LogP contribution in [0.2, 0.25) is 0 Å². The summed E-state index contributed by atoms with van der Waals surface area (Å²) in [6.45, 7) is 7.55. The molecule has 1 fully saturated rings. The minimum atomic E-state index is -0.704. The fraction of sp³-hybridized carbons (Fsp3) is 0.500. The van der Waals surface area contributed by atoms with Gasteiger partial charge in [0.25, 0.3) is 0 Å². The fourth-order valence-electron chi connectivity index (χ4n) is 4.26. The number of amides is 2. The average molecular weight is 381 g/mol. The summed E-state index contributed by atoms with van der Waals surface area (Å²) in [5.41, 5.74) is 2.30. The SMILES string of the molecule is CCCc1ccc2c(c1)C1(CC1c1cn(C)cn1)C(=O)N2C(=O)OC(C)(C)C. The number of aromatic nitrogens is 2. The molecule has 2 amide bonds. The second kappa shape index (κ2) is 6.19. The molecule has 0 bridgehead atoms. The monoisotopic (exact) mass is 381 g/mol. The number of aryl methyl sites for hydroxylation is 2. The minimum absolute atomic E-state index is 0.00994. The Morgan fingerprint density at radius 1 is 1.36 bits per heavy atom. The van der Waals surface area contributed by atoms with Gasteiger partial charge >= 0.3 is 6.09 Å². The van der Waals surface area contributed by atoms with Crippen molar-refractivity contribution in [1.82, 2.24) is 9.55 Å². The van der Waals surface area contributed by atoms with Crippen molar-refractivity contribution in [2.75, 3.05) is 4.90 Å². The summed E-state index contributed by atoms with van der Waals surface area (Å²) in [6, 6.07) is 6.00. The molecule has 4 rings (SSSR count). The van der Waals surface area contributed by atoms with E-state index in [0.717, 1.165) is 24.1 Å². The lowest BCUT2D eigenvalue weighted by Crippen LogP contribution is -2.41. The lowest BCUT2D eigenvalue weighted by atomic mass is 9.92. The van der Waals surface area contributed by atoms with E-state index in [-0.39, 0.29) is 11.8 Å². The summed E-state index contributed by atoms with van der Waals surface area (Å²) in [7, 11) is 1.92. The van der Waals surface area contributed by atoms with Crippen LogP contribution < -0.4 is 4.90 Å². The van der Waals surface area contributed by atoms with Gasteiger partial charge in [-0.3, -0.25) is 4.79 Å². The number of anilines is 1. The zero-order valence-corrected chi connectivity index (χ0v) is 17.2. The first-order chi connectivity index (χ1) is 13.2. The molecule has 148 valence electrons. The van der Waals surface area contributed by atoms with E-state index in [2.05, 4.69) is 18.0 Å². The molecule has 1 aliphatic carbocycles. The van der Waals surface area contributed by atoms with Crippen LogP contribution in [-0.4, -0.2) is 27.2 Å². The Hall–Kier alpha value is -2.63. The lowest BCUT2D eigenvalue weighted by Gasteiger charge is -2.24. The second-order valence-corrected chi connectivity index (χ2v) is 8.91. The molecule has 6 heteroatoms. The average Bonchev–Trinajstić information content (AvgIpc) is 3.13. The Morgan fingerprint density at radius 2 is 2.11 bits per heavy atom. The predicted molar refractivity (Wildman–Crippen MR) is 106 cm³/mol. The van der Waals surface area contributed by atoms with E-state index in [0.29, 0.717) is 12.1 Å². The molecule has 0 radical (unpaired) electrons. The molecule has 1 saturated carbocycles. The number of nitrogens with zero attached hydrogens (tertiary/aromatic N) is 3. The van der Waals surface area contributed by atoms with Gasteiger partial charge in [0.05, 0.1) is 23.1 Å². The number of hydrogen-bond acceptors (Lipinski definition) is 4. The Kier molecular flexibility index (Phi) is 4.14. The summed E-state index contributed by atoms with van der Waals surface area (Å²) in [4.78, 5) is 32.1. The van der Waals surface area contributed by atoms with Crippen molar-refractivity contribution in [2.24, 2.45) is 7.05 Å². The molecule has 6 nitrogen and oxygen atoms in total. The summed E-state index contributed by atoms with van der Waals surface area (Å²) in [6.07, 6.45) is 5.74. The van der Waals surface area contributed by atoms with Crippen LogP contribution in [0.1, 0.15) is 63.3 Å². The molecule has 28 heavy (non-hydrogen) atoms. The van der Waals surface area contributed by atoms with Crippen molar-refractivity contribution in [3.63, 3.8) is 0 Å². The highest BCUT2D eigenvalue weighted by Gasteiger charge is 2.69. The number of imide groups is 1.